The van der Waals surface area contributed by atoms with Crippen molar-refractivity contribution in [1.82, 2.24) is 24.7 Å². The van der Waals surface area contributed by atoms with Crippen molar-refractivity contribution >= 4 is 11.6 Å². The average Bonchev–Trinajstić information content (AvgIpc) is 3.31. The maximum atomic E-state index is 11.2. The zero-order chi connectivity index (χ0) is 18.8. The Morgan fingerprint density at radius 1 is 1.04 bits per heavy atom. The number of nitrogens with one attached hydrogen (secondary N) is 2. The van der Waals surface area contributed by atoms with Crippen molar-refractivity contribution < 1.29 is 4.79 Å². The summed E-state index contributed by atoms with van der Waals surface area (Å²) in [6, 6.07) is 15.6. The highest BCUT2D eigenvalue weighted by molar-refractivity contribution is 5.88. The fraction of sp³-hybridized carbons (Fsp3) is 0.100. The summed E-state index contributed by atoms with van der Waals surface area (Å²) in [7, 11) is 0. The van der Waals surface area contributed by atoms with Crippen molar-refractivity contribution in [3.05, 3.63) is 66.7 Å². The van der Waals surface area contributed by atoms with E-state index < -0.39 is 0 Å². The van der Waals surface area contributed by atoms with Crippen LogP contribution in [0.4, 0.5) is 5.69 Å². The van der Waals surface area contributed by atoms with Crippen LogP contribution in [-0.2, 0) is 4.79 Å². The van der Waals surface area contributed by atoms with Gasteiger partial charge in [-0.3, -0.25) is 14.5 Å². The number of hydrogen-bond acceptors (Lipinski definition) is 4. The Kier molecular flexibility index (Phi) is 4.25. The van der Waals surface area contributed by atoms with Crippen LogP contribution in [-0.4, -0.2) is 30.6 Å². The van der Waals surface area contributed by atoms with Crippen molar-refractivity contribution in [2.75, 3.05) is 5.32 Å². The van der Waals surface area contributed by atoms with E-state index in [4.69, 9.17) is 0 Å². The molecule has 0 saturated heterocycles. The number of hydrogen-bond donors (Lipinski definition) is 2. The van der Waals surface area contributed by atoms with Crippen LogP contribution < -0.4 is 5.32 Å². The van der Waals surface area contributed by atoms with Crippen LogP contribution in [0.5, 0.6) is 0 Å². The fourth-order valence-electron chi connectivity index (χ4n) is 2.87. The van der Waals surface area contributed by atoms with Gasteiger partial charge in [-0.15, -0.1) is 0 Å². The lowest BCUT2D eigenvalue weighted by molar-refractivity contribution is -0.114. The highest BCUT2D eigenvalue weighted by Gasteiger charge is 2.09. The summed E-state index contributed by atoms with van der Waals surface area (Å²) in [6.07, 6.45) is 3.69. The Hall–Kier alpha value is -3.74. The van der Waals surface area contributed by atoms with Gasteiger partial charge in [0.15, 0.2) is 5.82 Å². The quantitative estimate of drug-likeness (QED) is 0.583. The minimum Gasteiger partial charge on any atom is -0.326 e. The first-order chi connectivity index (χ1) is 13.1. The van der Waals surface area contributed by atoms with E-state index in [1.807, 2.05) is 66.2 Å². The summed E-state index contributed by atoms with van der Waals surface area (Å²) >= 11 is 0. The number of rotatable bonds is 4. The summed E-state index contributed by atoms with van der Waals surface area (Å²) in [5.41, 5.74) is 3.66. The molecule has 0 atom stereocenters. The molecule has 0 fully saturated rings. The minimum absolute atomic E-state index is 0.0917. The monoisotopic (exact) mass is 358 g/mol. The van der Waals surface area contributed by atoms with E-state index >= 15 is 0 Å². The Bertz CT molecular complexity index is 1080. The van der Waals surface area contributed by atoms with Crippen molar-refractivity contribution in [2.45, 2.75) is 13.8 Å². The highest BCUT2D eigenvalue weighted by Crippen LogP contribution is 2.24. The van der Waals surface area contributed by atoms with Crippen molar-refractivity contribution in [3.8, 4) is 28.5 Å². The topological polar surface area (TPSA) is 88.5 Å². The number of nitrogens with zero attached hydrogens (tertiary/aromatic N) is 4. The fourth-order valence-corrected chi connectivity index (χ4v) is 2.87. The Labute approximate surface area is 156 Å². The molecule has 0 bridgehead atoms. The molecule has 0 aliphatic rings. The Morgan fingerprint density at radius 3 is 2.37 bits per heavy atom. The molecule has 1 amide bonds. The van der Waals surface area contributed by atoms with Crippen LogP contribution in [0, 0.1) is 6.92 Å². The van der Waals surface area contributed by atoms with Crippen LogP contribution in [0.2, 0.25) is 0 Å². The lowest BCUT2D eigenvalue weighted by Crippen LogP contribution is -2.05. The van der Waals surface area contributed by atoms with E-state index in [9.17, 15) is 4.79 Å². The molecule has 7 nitrogen and oxygen atoms in total. The molecule has 4 rings (SSSR count). The number of aromatic nitrogens is 5. The van der Waals surface area contributed by atoms with E-state index in [0.717, 1.165) is 34.2 Å². The average molecular weight is 358 g/mol. The molecule has 2 aromatic heterocycles. The first kappa shape index (κ1) is 16.7. The van der Waals surface area contributed by atoms with Crippen molar-refractivity contribution in [2.24, 2.45) is 0 Å². The number of aryl methyl sites for hydroxylation is 1. The molecular weight excluding hydrogens is 340 g/mol. The summed E-state index contributed by atoms with van der Waals surface area (Å²) in [5, 5.41) is 9.81. The lowest BCUT2D eigenvalue weighted by atomic mass is 10.1. The maximum Gasteiger partial charge on any atom is 0.221 e. The Morgan fingerprint density at radius 2 is 1.74 bits per heavy atom. The predicted molar refractivity (Wildman–Crippen MR) is 103 cm³/mol. The van der Waals surface area contributed by atoms with Crippen LogP contribution >= 0.6 is 0 Å². The van der Waals surface area contributed by atoms with Gasteiger partial charge in [0.1, 0.15) is 11.6 Å². The summed E-state index contributed by atoms with van der Waals surface area (Å²) < 4.78 is 2.01. The first-order valence-electron chi connectivity index (χ1n) is 8.51. The number of amides is 1. The van der Waals surface area contributed by atoms with Gasteiger partial charge in [0.2, 0.25) is 5.91 Å². The molecule has 0 radical (unpaired) electrons. The maximum absolute atomic E-state index is 11.2. The van der Waals surface area contributed by atoms with Gasteiger partial charge in [-0.05, 0) is 55.5 Å². The predicted octanol–water partition coefficient (Wildman–Crippen LogP) is 3.59. The number of benzene rings is 2. The van der Waals surface area contributed by atoms with E-state index in [1.54, 1.807) is 6.20 Å². The van der Waals surface area contributed by atoms with Gasteiger partial charge < -0.3 is 5.32 Å². The van der Waals surface area contributed by atoms with E-state index in [-0.39, 0.29) is 5.91 Å². The zero-order valence-electron chi connectivity index (χ0n) is 15.0. The zero-order valence-corrected chi connectivity index (χ0v) is 15.0. The first-order valence-corrected chi connectivity index (χ1v) is 8.51. The second-order valence-corrected chi connectivity index (χ2v) is 6.17. The second-order valence-electron chi connectivity index (χ2n) is 6.17. The Balaban J connectivity index is 1.62. The molecule has 2 heterocycles. The van der Waals surface area contributed by atoms with Gasteiger partial charge in [0.05, 0.1) is 0 Å². The molecule has 0 unspecified atom stereocenters. The van der Waals surface area contributed by atoms with E-state index in [2.05, 4.69) is 25.5 Å². The third kappa shape index (κ3) is 3.48. The summed E-state index contributed by atoms with van der Waals surface area (Å²) in [5.74, 6) is 2.20. The van der Waals surface area contributed by atoms with Gasteiger partial charge in [-0.2, -0.15) is 5.10 Å². The molecule has 0 spiro atoms. The highest BCUT2D eigenvalue weighted by atomic mass is 16.1. The normalized spacial score (nSPS) is 10.7. The minimum atomic E-state index is -0.0917. The molecule has 4 aromatic rings. The molecule has 7 heteroatoms. The largest absolute Gasteiger partial charge is 0.326 e. The van der Waals surface area contributed by atoms with E-state index in [1.165, 1.54) is 6.92 Å². The van der Waals surface area contributed by atoms with Gasteiger partial charge in [0.25, 0.3) is 0 Å². The standard InChI is InChI=1S/C20H18N6O/c1-13-22-19(25-24-13)15-5-9-18(10-6-15)26-12-11-21-20(26)16-3-7-17(8-4-16)23-14(2)27/h3-12H,1-2H3,(H,23,27)(H,22,24,25). The van der Waals surface area contributed by atoms with E-state index in [0.29, 0.717) is 5.82 Å². The third-order valence-corrected chi connectivity index (χ3v) is 4.11. The van der Waals surface area contributed by atoms with Crippen LogP contribution in [0.1, 0.15) is 12.7 Å². The number of carbonyl (C=O) groups excluding carboxylic acids is 1. The van der Waals surface area contributed by atoms with Crippen molar-refractivity contribution in [1.29, 1.82) is 0 Å². The molecule has 0 aliphatic heterocycles. The molecule has 27 heavy (non-hydrogen) atoms. The smallest absolute Gasteiger partial charge is 0.221 e. The van der Waals surface area contributed by atoms with Crippen LogP contribution in [0.25, 0.3) is 28.5 Å². The molecule has 2 aromatic carbocycles. The number of imidazole rings is 1. The summed E-state index contributed by atoms with van der Waals surface area (Å²) in [4.78, 5) is 20.0. The number of H-pyrrole nitrogens is 1. The van der Waals surface area contributed by atoms with Gasteiger partial charge >= 0.3 is 0 Å². The number of anilines is 1. The molecular formula is C20H18N6O. The van der Waals surface area contributed by atoms with Crippen LogP contribution in [0.3, 0.4) is 0 Å². The van der Waals surface area contributed by atoms with Gasteiger partial charge in [-0.25, -0.2) is 9.97 Å². The molecule has 2 N–H and O–H groups in total. The molecule has 134 valence electrons. The lowest BCUT2D eigenvalue weighted by Gasteiger charge is -2.09. The van der Waals surface area contributed by atoms with Crippen molar-refractivity contribution in [3.63, 3.8) is 0 Å². The third-order valence-electron chi connectivity index (χ3n) is 4.11. The summed E-state index contributed by atoms with van der Waals surface area (Å²) in [6.45, 7) is 3.37. The molecule has 0 aliphatic carbocycles. The van der Waals surface area contributed by atoms with Crippen LogP contribution in [0.15, 0.2) is 60.9 Å². The van der Waals surface area contributed by atoms with Gasteiger partial charge in [-0.1, -0.05) is 0 Å². The molecule has 0 saturated carbocycles. The SMILES string of the molecule is CC(=O)Nc1ccc(-c2nccn2-c2ccc(-c3n[nH]c(C)n3)cc2)cc1. The number of aromatic amines is 1. The number of carbonyl (C=O) groups is 1. The van der Waals surface area contributed by atoms with Gasteiger partial charge in [0, 0.05) is 41.8 Å². The second kappa shape index (κ2) is 6.87.